The molecule has 1 aliphatic rings. The van der Waals surface area contributed by atoms with Gasteiger partial charge in [-0.15, -0.1) is 0 Å². The highest BCUT2D eigenvalue weighted by Gasteiger charge is 2.34. The van der Waals surface area contributed by atoms with E-state index in [-0.39, 0.29) is 23.5 Å². The minimum Gasteiger partial charge on any atom is -0.452 e. The highest BCUT2D eigenvalue weighted by Crippen LogP contribution is 2.18. The van der Waals surface area contributed by atoms with E-state index >= 15 is 0 Å². The largest absolute Gasteiger partial charge is 0.452 e. The molecule has 0 radical (unpaired) electrons. The van der Waals surface area contributed by atoms with Crippen molar-refractivity contribution in [3.63, 3.8) is 0 Å². The lowest BCUT2D eigenvalue weighted by molar-refractivity contribution is -0.136. The van der Waals surface area contributed by atoms with Gasteiger partial charge in [-0.2, -0.15) is 5.10 Å². The number of rotatable bonds is 6. The van der Waals surface area contributed by atoms with Gasteiger partial charge in [0.25, 0.3) is 5.91 Å². The Labute approximate surface area is 170 Å². The molecule has 1 fully saturated rings. The van der Waals surface area contributed by atoms with Crippen LogP contribution < -0.4 is 0 Å². The molecule has 8 nitrogen and oxygen atoms in total. The standard InChI is InChI=1S/C20H25N3O5S/c1-4-22(18-9-10-29(26,27)13-18)19(24)12-28-20(25)16-5-7-17(8-6-16)23-15(3)11-14(2)21-23/h5-8,11,18H,4,9-10,12-13H2,1-3H3. The number of carbonyl (C=O) groups is 2. The predicted molar refractivity (Wildman–Crippen MR) is 108 cm³/mol. The molecule has 9 heteroatoms. The topological polar surface area (TPSA) is 98.6 Å². The van der Waals surface area contributed by atoms with Gasteiger partial charge in [-0.05, 0) is 57.5 Å². The summed E-state index contributed by atoms with van der Waals surface area (Å²) < 4.78 is 30.3. The van der Waals surface area contributed by atoms with E-state index in [9.17, 15) is 18.0 Å². The number of carbonyl (C=O) groups excluding carboxylic acids is 2. The van der Waals surface area contributed by atoms with Crippen molar-refractivity contribution >= 4 is 21.7 Å². The fourth-order valence-electron chi connectivity index (χ4n) is 3.58. The second-order valence-electron chi connectivity index (χ2n) is 7.20. The summed E-state index contributed by atoms with van der Waals surface area (Å²) in [5, 5.41) is 4.40. The van der Waals surface area contributed by atoms with Crippen LogP contribution in [0.2, 0.25) is 0 Å². The van der Waals surface area contributed by atoms with Gasteiger partial charge < -0.3 is 9.64 Å². The van der Waals surface area contributed by atoms with Gasteiger partial charge in [-0.25, -0.2) is 17.9 Å². The molecule has 1 unspecified atom stereocenters. The van der Waals surface area contributed by atoms with E-state index in [0.717, 1.165) is 17.1 Å². The highest BCUT2D eigenvalue weighted by atomic mass is 32.2. The molecule has 1 amide bonds. The highest BCUT2D eigenvalue weighted by molar-refractivity contribution is 7.91. The summed E-state index contributed by atoms with van der Waals surface area (Å²) in [4.78, 5) is 26.2. The van der Waals surface area contributed by atoms with Gasteiger partial charge in [-0.1, -0.05) is 0 Å². The van der Waals surface area contributed by atoms with Crippen molar-refractivity contribution in [3.05, 3.63) is 47.3 Å². The zero-order valence-electron chi connectivity index (χ0n) is 16.8. The zero-order chi connectivity index (χ0) is 21.2. The third kappa shape index (κ3) is 4.84. The summed E-state index contributed by atoms with van der Waals surface area (Å²) in [6.07, 6.45) is 0.420. The minimum atomic E-state index is -3.10. The van der Waals surface area contributed by atoms with Gasteiger partial charge in [-0.3, -0.25) is 4.79 Å². The summed E-state index contributed by atoms with van der Waals surface area (Å²) in [5.41, 5.74) is 3.04. The Morgan fingerprint density at radius 3 is 2.45 bits per heavy atom. The van der Waals surface area contributed by atoms with Crippen molar-refractivity contribution in [2.24, 2.45) is 0 Å². The van der Waals surface area contributed by atoms with E-state index < -0.39 is 22.4 Å². The average molecular weight is 420 g/mol. The van der Waals surface area contributed by atoms with Crippen molar-refractivity contribution in [1.82, 2.24) is 14.7 Å². The maximum absolute atomic E-state index is 12.4. The summed E-state index contributed by atoms with van der Waals surface area (Å²) in [5.74, 6) is -0.937. The number of sulfone groups is 1. The molecule has 2 aromatic rings. The number of hydrogen-bond acceptors (Lipinski definition) is 6. The molecule has 3 rings (SSSR count). The molecule has 1 saturated heterocycles. The minimum absolute atomic E-state index is 0.0334. The fraction of sp³-hybridized carbons (Fsp3) is 0.450. The molecule has 0 aliphatic carbocycles. The second-order valence-corrected chi connectivity index (χ2v) is 9.43. The third-order valence-corrected chi connectivity index (χ3v) is 6.74. The van der Waals surface area contributed by atoms with E-state index in [2.05, 4.69) is 5.10 Å². The number of benzene rings is 1. The summed E-state index contributed by atoms with van der Waals surface area (Å²) in [7, 11) is -3.10. The van der Waals surface area contributed by atoms with Gasteiger partial charge >= 0.3 is 5.97 Å². The monoisotopic (exact) mass is 419 g/mol. The van der Waals surface area contributed by atoms with Crippen molar-refractivity contribution < 1.29 is 22.7 Å². The molecular formula is C20H25N3O5S. The lowest BCUT2D eigenvalue weighted by Crippen LogP contribution is -2.43. The predicted octanol–water partition coefficient (Wildman–Crippen LogP) is 1.68. The van der Waals surface area contributed by atoms with E-state index in [4.69, 9.17) is 4.74 Å². The van der Waals surface area contributed by atoms with Crippen molar-refractivity contribution in [2.75, 3.05) is 24.7 Å². The number of esters is 1. The molecule has 2 heterocycles. The molecule has 0 N–H and O–H groups in total. The Morgan fingerprint density at radius 2 is 1.93 bits per heavy atom. The van der Waals surface area contributed by atoms with Gasteiger partial charge in [0, 0.05) is 18.3 Å². The third-order valence-electron chi connectivity index (χ3n) is 4.99. The first-order valence-electron chi connectivity index (χ1n) is 9.51. The van der Waals surface area contributed by atoms with Crippen LogP contribution in [0.5, 0.6) is 0 Å². The van der Waals surface area contributed by atoms with E-state index in [1.807, 2.05) is 19.9 Å². The molecule has 1 aromatic carbocycles. The van der Waals surface area contributed by atoms with Crippen molar-refractivity contribution in [2.45, 2.75) is 33.2 Å². The van der Waals surface area contributed by atoms with E-state index in [1.54, 1.807) is 35.9 Å². The lowest BCUT2D eigenvalue weighted by Gasteiger charge is -2.26. The van der Waals surface area contributed by atoms with Crippen LogP contribution in [0.4, 0.5) is 0 Å². The number of ether oxygens (including phenoxy) is 1. The van der Waals surface area contributed by atoms with Gasteiger partial charge in [0.1, 0.15) is 0 Å². The van der Waals surface area contributed by atoms with Crippen LogP contribution in [-0.4, -0.2) is 65.7 Å². The number of hydrogen-bond donors (Lipinski definition) is 0. The smallest absolute Gasteiger partial charge is 0.338 e. The summed E-state index contributed by atoms with van der Waals surface area (Å²) in [6.45, 7) is 5.59. The number of likely N-dealkylation sites (N-methyl/N-ethyl adjacent to an activating group) is 1. The van der Waals surface area contributed by atoms with Crippen LogP contribution >= 0.6 is 0 Å². The van der Waals surface area contributed by atoms with Crippen LogP contribution in [-0.2, 0) is 19.4 Å². The lowest BCUT2D eigenvalue weighted by atomic mass is 10.2. The van der Waals surface area contributed by atoms with Crippen LogP contribution in [0.3, 0.4) is 0 Å². The normalized spacial score (nSPS) is 17.8. The first kappa shape index (κ1) is 21.0. The maximum atomic E-state index is 12.4. The van der Waals surface area contributed by atoms with Crippen LogP contribution in [0.25, 0.3) is 5.69 Å². The Kier molecular flexibility index (Phi) is 6.07. The van der Waals surface area contributed by atoms with Gasteiger partial charge in [0.2, 0.25) is 0 Å². The van der Waals surface area contributed by atoms with Gasteiger partial charge in [0.05, 0.1) is 28.5 Å². The zero-order valence-corrected chi connectivity index (χ0v) is 17.6. The van der Waals surface area contributed by atoms with Crippen LogP contribution in [0, 0.1) is 13.8 Å². The second kappa shape index (κ2) is 8.36. The number of aryl methyl sites for hydroxylation is 2. The van der Waals surface area contributed by atoms with Crippen LogP contribution in [0.15, 0.2) is 30.3 Å². The quantitative estimate of drug-likeness (QED) is 0.661. The van der Waals surface area contributed by atoms with E-state index in [1.165, 1.54) is 4.90 Å². The average Bonchev–Trinajstić information content (AvgIpc) is 3.21. The number of nitrogens with zero attached hydrogens (tertiary/aromatic N) is 3. The number of amides is 1. The molecule has 29 heavy (non-hydrogen) atoms. The van der Waals surface area contributed by atoms with Crippen molar-refractivity contribution in [3.8, 4) is 5.69 Å². The van der Waals surface area contributed by atoms with Crippen molar-refractivity contribution in [1.29, 1.82) is 0 Å². The molecule has 1 atom stereocenters. The first-order chi connectivity index (χ1) is 13.7. The first-order valence-corrected chi connectivity index (χ1v) is 11.3. The Morgan fingerprint density at radius 1 is 1.24 bits per heavy atom. The Balaban J connectivity index is 1.60. The summed E-state index contributed by atoms with van der Waals surface area (Å²) in [6, 6.07) is 8.39. The molecule has 1 aliphatic heterocycles. The number of aromatic nitrogens is 2. The SMILES string of the molecule is CCN(C(=O)COC(=O)c1ccc(-n2nc(C)cc2C)cc1)C1CCS(=O)(=O)C1. The molecule has 156 valence electrons. The molecular weight excluding hydrogens is 394 g/mol. The Bertz CT molecular complexity index is 1010. The molecule has 1 aromatic heterocycles. The van der Waals surface area contributed by atoms with E-state index in [0.29, 0.717) is 18.5 Å². The van der Waals surface area contributed by atoms with Gasteiger partial charge in [0.15, 0.2) is 16.4 Å². The molecule has 0 bridgehead atoms. The maximum Gasteiger partial charge on any atom is 0.338 e. The molecule has 0 saturated carbocycles. The Hall–Kier alpha value is -2.68. The molecule has 0 spiro atoms. The van der Waals surface area contributed by atoms with Crippen LogP contribution in [0.1, 0.15) is 35.1 Å². The summed E-state index contributed by atoms with van der Waals surface area (Å²) >= 11 is 0. The fourth-order valence-corrected chi connectivity index (χ4v) is 5.31.